The highest BCUT2D eigenvalue weighted by Crippen LogP contribution is 2.11. The Morgan fingerprint density at radius 2 is 1.07 bits per heavy atom. The molecule has 0 aromatic carbocycles. The van der Waals surface area contributed by atoms with Crippen LogP contribution in [0.2, 0.25) is 0 Å². The molecule has 172 valence electrons. The van der Waals surface area contributed by atoms with Crippen molar-refractivity contribution in [2.24, 2.45) is 0 Å². The molecule has 0 saturated heterocycles. The van der Waals surface area contributed by atoms with Gasteiger partial charge in [0, 0.05) is 12.8 Å². The maximum atomic E-state index is 11.9. The molecule has 0 rings (SSSR count). The van der Waals surface area contributed by atoms with E-state index < -0.39 is 6.10 Å². The Labute approximate surface area is 178 Å². The molecule has 0 bridgehead atoms. The number of unbranched alkanes of at least 4 members (excludes halogenated alkanes) is 13. The number of carbonyl (C=O) groups excluding carboxylic acids is 2. The van der Waals surface area contributed by atoms with E-state index in [1.54, 1.807) is 0 Å². The second-order valence-corrected chi connectivity index (χ2v) is 8.07. The van der Waals surface area contributed by atoms with Crippen LogP contribution in [0.15, 0.2) is 0 Å². The van der Waals surface area contributed by atoms with Crippen LogP contribution in [0.3, 0.4) is 0 Å². The average Bonchev–Trinajstić information content (AvgIpc) is 2.72. The van der Waals surface area contributed by atoms with E-state index in [2.05, 4.69) is 13.8 Å². The first-order valence-corrected chi connectivity index (χ1v) is 12.1. The highest BCUT2D eigenvalue weighted by atomic mass is 16.6. The van der Waals surface area contributed by atoms with E-state index in [9.17, 15) is 14.7 Å². The van der Waals surface area contributed by atoms with E-state index >= 15 is 0 Å². The van der Waals surface area contributed by atoms with E-state index in [4.69, 9.17) is 9.47 Å². The SMILES string of the molecule is CCCCCCCCCCCC(=O)OC(CO)COC(=O)CCCCCCCC. The van der Waals surface area contributed by atoms with Gasteiger partial charge < -0.3 is 14.6 Å². The fraction of sp³-hybridized carbons (Fsp3) is 0.917. The second-order valence-electron chi connectivity index (χ2n) is 8.07. The van der Waals surface area contributed by atoms with Gasteiger partial charge in [0.2, 0.25) is 0 Å². The van der Waals surface area contributed by atoms with Gasteiger partial charge in [0.15, 0.2) is 6.10 Å². The molecule has 0 aliphatic rings. The Balaban J connectivity index is 3.64. The zero-order valence-corrected chi connectivity index (χ0v) is 19.1. The molecule has 0 radical (unpaired) electrons. The molecule has 1 N–H and O–H groups in total. The van der Waals surface area contributed by atoms with Crippen LogP contribution in [-0.4, -0.2) is 36.4 Å². The number of aliphatic hydroxyl groups excluding tert-OH is 1. The summed E-state index contributed by atoms with van der Waals surface area (Å²) in [6, 6.07) is 0. The third-order valence-corrected chi connectivity index (χ3v) is 5.15. The molecule has 0 aliphatic heterocycles. The molecule has 1 atom stereocenters. The molecule has 0 aliphatic carbocycles. The zero-order valence-electron chi connectivity index (χ0n) is 19.1. The van der Waals surface area contributed by atoms with E-state index in [0.29, 0.717) is 12.8 Å². The van der Waals surface area contributed by atoms with Crippen LogP contribution < -0.4 is 0 Å². The van der Waals surface area contributed by atoms with Gasteiger partial charge in [-0.2, -0.15) is 0 Å². The van der Waals surface area contributed by atoms with Crippen molar-refractivity contribution >= 4 is 11.9 Å². The lowest BCUT2D eigenvalue weighted by Gasteiger charge is -2.15. The average molecular weight is 415 g/mol. The summed E-state index contributed by atoms with van der Waals surface area (Å²) in [5, 5.41) is 9.35. The predicted octanol–water partition coefficient (Wildman–Crippen LogP) is 6.11. The molecule has 29 heavy (non-hydrogen) atoms. The third-order valence-electron chi connectivity index (χ3n) is 5.15. The summed E-state index contributed by atoms with van der Waals surface area (Å²) in [5.74, 6) is -0.604. The minimum Gasteiger partial charge on any atom is -0.462 e. The third kappa shape index (κ3) is 20.0. The number of ether oxygens (including phenoxy) is 2. The van der Waals surface area contributed by atoms with Gasteiger partial charge in [-0.3, -0.25) is 9.59 Å². The lowest BCUT2D eigenvalue weighted by molar-refractivity contribution is -0.161. The summed E-state index contributed by atoms with van der Waals surface area (Å²) < 4.78 is 10.4. The first-order valence-electron chi connectivity index (χ1n) is 12.1. The lowest BCUT2D eigenvalue weighted by atomic mass is 10.1. The van der Waals surface area contributed by atoms with Crippen molar-refractivity contribution in [1.29, 1.82) is 0 Å². The van der Waals surface area contributed by atoms with Crippen LogP contribution in [0.25, 0.3) is 0 Å². The fourth-order valence-corrected chi connectivity index (χ4v) is 3.26. The molecular formula is C24H46O5. The normalized spacial score (nSPS) is 12.0. The molecule has 0 aromatic heterocycles. The van der Waals surface area contributed by atoms with Crippen LogP contribution in [-0.2, 0) is 19.1 Å². The molecule has 5 heteroatoms. The van der Waals surface area contributed by atoms with Crippen LogP contribution in [0.5, 0.6) is 0 Å². The fourth-order valence-electron chi connectivity index (χ4n) is 3.26. The Morgan fingerprint density at radius 1 is 0.655 bits per heavy atom. The van der Waals surface area contributed by atoms with Crippen molar-refractivity contribution in [3.8, 4) is 0 Å². The van der Waals surface area contributed by atoms with Gasteiger partial charge in [0.05, 0.1) is 6.61 Å². The van der Waals surface area contributed by atoms with Gasteiger partial charge >= 0.3 is 11.9 Å². The molecular weight excluding hydrogens is 368 g/mol. The maximum Gasteiger partial charge on any atom is 0.306 e. The number of aliphatic hydroxyl groups is 1. The van der Waals surface area contributed by atoms with Crippen LogP contribution >= 0.6 is 0 Å². The van der Waals surface area contributed by atoms with Crippen LogP contribution in [0.1, 0.15) is 123 Å². The highest BCUT2D eigenvalue weighted by Gasteiger charge is 2.16. The predicted molar refractivity (Wildman–Crippen MR) is 118 cm³/mol. The quantitative estimate of drug-likeness (QED) is 0.181. The smallest absolute Gasteiger partial charge is 0.306 e. The van der Waals surface area contributed by atoms with Crippen LogP contribution in [0.4, 0.5) is 0 Å². The molecule has 1 unspecified atom stereocenters. The zero-order chi connectivity index (χ0) is 21.6. The van der Waals surface area contributed by atoms with E-state index in [1.807, 2.05) is 0 Å². The van der Waals surface area contributed by atoms with Crippen molar-refractivity contribution < 1.29 is 24.2 Å². The van der Waals surface area contributed by atoms with Gasteiger partial charge in [-0.05, 0) is 12.8 Å². The lowest BCUT2D eigenvalue weighted by Crippen LogP contribution is -2.28. The minimum atomic E-state index is -0.755. The molecule has 0 amide bonds. The van der Waals surface area contributed by atoms with Gasteiger partial charge in [-0.15, -0.1) is 0 Å². The number of hydrogen-bond donors (Lipinski definition) is 1. The molecule has 0 spiro atoms. The number of hydrogen-bond acceptors (Lipinski definition) is 5. The molecule has 0 fully saturated rings. The van der Waals surface area contributed by atoms with Gasteiger partial charge in [-0.1, -0.05) is 97.3 Å². The van der Waals surface area contributed by atoms with Crippen molar-refractivity contribution in [2.75, 3.05) is 13.2 Å². The standard InChI is InChI=1S/C24H46O5/c1-3-5-7-9-11-12-13-15-17-19-24(27)29-22(20-25)21-28-23(26)18-16-14-10-8-6-4-2/h22,25H,3-21H2,1-2H3. The van der Waals surface area contributed by atoms with Gasteiger partial charge in [0.25, 0.3) is 0 Å². The Hall–Kier alpha value is -1.10. The molecule has 0 heterocycles. The number of carbonyl (C=O) groups is 2. The maximum absolute atomic E-state index is 11.9. The van der Waals surface area contributed by atoms with Gasteiger partial charge in [-0.25, -0.2) is 0 Å². The first-order chi connectivity index (χ1) is 14.1. The number of rotatable bonds is 21. The monoisotopic (exact) mass is 414 g/mol. The Morgan fingerprint density at radius 3 is 1.52 bits per heavy atom. The largest absolute Gasteiger partial charge is 0.462 e. The topological polar surface area (TPSA) is 72.8 Å². The van der Waals surface area contributed by atoms with Crippen molar-refractivity contribution in [1.82, 2.24) is 0 Å². The molecule has 0 saturated carbocycles. The summed E-state index contributed by atoms with van der Waals surface area (Å²) in [4.78, 5) is 23.6. The summed E-state index contributed by atoms with van der Waals surface area (Å²) in [6.45, 7) is 4.02. The summed E-state index contributed by atoms with van der Waals surface area (Å²) in [7, 11) is 0. The highest BCUT2D eigenvalue weighted by molar-refractivity contribution is 5.70. The summed E-state index contributed by atoms with van der Waals surface area (Å²) >= 11 is 0. The first kappa shape index (κ1) is 27.9. The van der Waals surface area contributed by atoms with Crippen molar-refractivity contribution in [2.45, 2.75) is 129 Å². The van der Waals surface area contributed by atoms with Crippen molar-refractivity contribution in [3.05, 3.63) is 0 Å². The van der Waals surface area contributed by atoms with E-state index in [0.717, 1.165) is 38.5 Å². The number of esters is 2. The Bertz CT molecular complexity index is 383. The van der Waals surface area contributed by atoms with E-state index in [-0.39, 0.29) is 25.2 Å². The van der Waals surface area contributed by atoms with E-state index in [1.165, 1.54) is 57.8 Å². The molecule has 5 nitrogen and oxygen atoms in total. The summed E-state index contributed by atoms with van der Waals surface area (Å²) in [5.41, 5.74) is 0. The summed E-state index contributed by atoms with van der Waals surface area (Å²) in [6.07, 6.45) is 17.4. The Kier molecular flexibility index (Phi) is 20.8. The second kappa shape index (κ2) is 21.6. The van der Waals surface area contributed by atoms with Crippen molar-refractivity contribution in [3.63, 3.8) is 0 Å². The van der Waals surface area contributed by atoms with Crippen LogP contribution in [0, 0.1) is 0 Å². The van der Waals surface area contributed by atoms with Gasteiger partial charge in [0.1, 0.15) is 6.61 Å². The molecule has 0 aromatic rings. The minimum absolute atomic E-state index is 0.0608.